The van der Waals surface area contributed by atoms with Crippen molar-refractivity contribution in [2.45, 2.75) is 6.92 Å². The van der Waals surface area contributed by atoms with Crippen molar-refractivity contribution in [3.8, 4) is 0 Å². The summed E-state index contributed by atoms with van der Waals surface area (Å²) in [4.78, 5) is 15.1. The molecule has 0 amide bonds. The van der Waals surface area contributed by atoms with Gasteiger partial charge in [-0.15, -0.1) is 0 Å². The second-order valence-electron chi connectivity index (χ2n) is 3.59. The lowest BCUT2D eigenvalue weighted by Crippen LogP contribution is -2.15. The van der Waals surface area contributed by atoms with E-state index in [0.29, 0.717) is 0 Å². The van der Waals surface area contributed by atoms with Gasteiger partial charge in [-0.25, -0.2) is 9.18 Å². The highest BCUT2D eigenvalue weighted by Gasteiger charge is 2.08. The van der Waals surface area contributed by atoms with Gasteiger partial charge in [0.25, 0.3) is 0 Å². The van der Waals surface area contributed by atoms with E-state index in [0.717, 1.165) is 11.1 Å². The van der Waals surface area contributed by atoms with E-state index in [1.165, 1.54) is 0 Å². The second-order valence-corrected chi connectivity index (χ2v) is 3.59. The van der Waals surface area contributed by atoms with Crippen LogP contribution in [0.15, 0.2) is 35.5 Å². The average Bonchev–Trinajstić information content (AvgIpc) is 2.33. The Labute approximate surface area is 104 Å². The van der Waals surface area contributed by atoms with Crippen LogP contribution >= 0.6 is 0 Å². The van der Waals surface area contributed by atoms with Crippen molar-refractivity contribution >= 4 is 17.8 Å². The highest BCUT2D eigenvalue weighted by Crippen LogP contribution is 2.05. The van der Waals surface area contributed by atoms with Gasteiger partial charge in [-0.05, 0) is 18.6 Å². The van der Waals surface area contributed by atoms with Gasteiger partial charge >= 0.3 is 5.97 Å². The SMILES string of the molecule is Cc1cccc(/C=C/CO/N=C(/CF)C(=O)O)c1. The second kappa shape index (κ2) is 7.21. The molecule has 0 saturated heterocycles. The van der Waals surface area contributed by atoms with E-state index < -0.39 is 18.4 Å². The molecule has 0 aliphatic rings. The van der Waals surface area contributed by atoms with Gasteiger partial charge in [-0.3, -0.25) is 0 Å². The first kappa shape index (κ1) is 13.9. The van der Waals surface area contributed by atoms with Gasteiger partial charge in [0.15, 0.2) is 5.71 Å². The highest BCUT2D eigenvalue weighted by molar-refractivity contribution is 6.36. The molecule has 4 nitrogen and oxygen atoms in total. The first-order valence-electron chi connectivity index (χ1n) is 5.35. The van der Waals surface area contributed by atoms with E-state index in [2.05, 4.69) is 9.99 Å². The van der Waals surface area contributed by atoms with Crippen LogP contribution in [0.5, 0.6) is 0 Å². The summed E-state index contributed by atoms with van der Waals surface area (Å²) >= 11 is 0. The topological polar surface area (TPSA) is 58.9 Å². The molecule has 96 valence electrons. The number of hydrogen-bond acceptors (Lipinski definition) is 3. The quantitative estimate of drug-likeness (QED) is 0.480. The fourth-order valence-corrected chi connectivity index (χ4v) is 1.24. The van der Waals surface area contributed by atoms with Crippen molar-refractivity contribution in [3.63, 3.8) is 0 Å². The number of carboxylic acid groups (broad SMARTS) is 1. The fourth-order valence-electron chi connectivity index (χ4n) is 1.24. The van der Waals surface area contributed by atoms with Crippen molar-refractivity contribution in [2.24, 2.45) is 5.16 Å². The molecule has 5 heteroatoms. The Morgan fingerprint density at radius 3 is 2.94 bits per heavy atom. The van der Waals surface area contributed by atoms with Crippen LogP contribution in [0.1, 0.15) is 11.1 Å². The van der Waals surface area contributed by atoms with Crippen LogP contribution in [-0.2, 0) is 9.63 Å². The molecule has 0 aliphatic heterocycles. The Kier molecular flexibility index (Phi) is 5.57. The van der Waals surface area contributed by atoms with Crippen molar-refractivity contribution in [1.29, 1.82) is 0 Å². The van der Waals surface area contributed by atoms with Crippen LogP contribution < -0.4 is 0 Å². The highest BCUT2D eigenvalue weighted by atomic mass is 19.1. The number of rotatable bonds is 6. The lowest BCUT2D eigenvalue weighted by Gasteiger charge is -1.97. The third-order valence-corrected chi connectivity index (χ3v) is 2.07. The normalized spacial score (nSPS) is 11.8. The number of oxime groups is 1. The summed E-state index contributed by atoms with van der Waals surface area (Å²) in [5, 5.41) is 11.7. The van der Waals surface area contributed by atoms with Crippen LogP contribution in [-0.4, -0.2) is 30.1 Å². The first-order chi connectivity index (χ1) is 8.63. The summed E-state index contributed by atoms with van der Waals surface area (Å²) in [5.74, 6) is -1.42. The van der Waals surface area contributed by atoms with Gasteiger partial charge in [-0.1, -0.05) is 41.1 Å². The lowest BCUT2D eigenvalue weighted by atomic mass is 10.1. The van der Waals surface area contributed by atoms with E-state index in [-0.39, 0.29) is 6.61 Å². The largest absolute Gasteiger partial charge is 0.477 e. The molecule has 0 aromatic heterocycles. The van der Waals surface area contributed by atoms with Crippen LogP contribution in [0.25, 0.3) is 6.08 Å². The number of hydrogen-bond donors (Lipinski definition) is 1. The molecule has 0 fully saturated rings. The molecule has 0 saturated carbocycles. The number of carboxylic acids is 1. The first-order valence-corrected chi connectivity index (χ1v) is 5.35. The van der Waals surface area contributed by atoms with Crippen LogP contribution in [0.3, 0.4) is 0 Å². The molecular formula is C13H14FNO3. The molecule has 0 atom stereocenters. The maximum atomic E-state index is 12.1. The molecule has 1 aromatic rings. The van der Waals surface area contributed by atoms with Crippen LogP contribution in [0.4, 0.5) is 4.39 Å². The summed E-state index contributed by atoms with van der Waals surface area (Å²) in [6.45, 7) is 0.917. The molecule has 0 radical (unpaired) electrons. The van der Waals surface area contributed by atoms with Gasteiger partial charge in [-0.2, -0.15) is 0 Å². The Morgan fingerprint density at radius 1 is 1.56 bits per heavy atom. The third kappa shape index (κ3) is 4.78. The van der Waals surface area contributed by atoms with E-state index >= 15 is 0 Å². The molecule has 0 bridgehead atoms. The number of nitrogens with zero attached hydrogens (tertiary/aromatic N) is 1. The molecule has 18 heavy (non-hydrogen) atoms. The maximum Gasteiger partial charge on any atom is 0.356 e. The Bertz CT molecular complexity index is 469. The summed E-state index contributed by atoms with van der Waals surface area (Å²) < 4.78 is 12.1. The number of halogens is 1. The van der Waals surface area contributed by atoms with Gasteiger partial charge in [0, 0.05) is 0 Å². The lowest BCUT2D eigenvalue weighted by molar-refractivity contribution is -0.129. The minimum atomic E-state index is -1.42. The predicted octanol–water partition coefficient (Wildman–Crippen LogP) is 2.43. The molecular weight excluding hydrogens is 237 g/mol. The van der Waals surface area contributed by atoms with Crippen molar-refractivity contribution in [1.82, 2.24) is 0 Å². The van der Waals surface area contributed by atoms with Crippen molar-refractivity contribution < 1.29 is 19.1 Å². The van der Waals surface area contributed by atoms with E-state index in [1.807, 2.05) is 37.3 Å². The number of benzene rings is 1. The van der Waals surface area contributed by atoms with E-state index in [4.69, 9.17) is 5.11 Å². The fraction of sp³-hybridized carbons (Fsp3) is 0.231. The Hall–Kier alpha value is -2.17. The summed E-state index contributed by atoms with van der Waals surface area (Å²) in [6, 6.07) is 7.83. The average molecular weight is 251 g/mol. The number of aliphatic carboxylic acids is 1. The van der Waals surface area contributed by atoms with E-state index in [1.54, 1.807) is 6.08 Å². The van der Waals surface area contributed by atoms with E-state index in [9.17, 15) is 9.18 Å². The van der Waals surface area contributed by atoms with Crippen molar-refractivity contribution in [2.75, 3.05) is 13.3 Å². The monoisotopic (exact) mass is 251 g/mol. The summed E-state index contributed by atoms with van der Waals surface area (Å²) in [6.07, 6.45) is 3.49. The smallest absolute Gasteiger partial charge is 0.356 e. The zero-order valence-corrected chi connectivity index (χ0v) is 9.97. The Morgan fingerprint density at radius 2 is 2.33 bits per heavy atom. The standard InChI is InChI=1S/C13H14FNO3/c1-10-4-2-5-11(8-10)6-3-7-18-15-12(9-14)13(16)17/h2-6,8H,7,9H2,1H3,(H,16,17)/b6-3+,15-12-. The van der Waals surface area contributed by atoms with Crippen LogP contribution in [0, 0.1) is 6.92 Å². The molecule has 1 rings (SSSR count). The maximum absolute atomic E-state index is 12.1. The van der Waals surface area contributed by atoms with Gasteiger partial charge in [0.1, 0.15) is 13.3 Å². The molecule has 1 aromatic carbocycles. The third-order valence-electron chi connectivity index (χ3n) is 2.07. The molecule has 0 aliphatic carbocycles. The van der Waals surface area contributed by atoms with Gasteiger partial charge in [0.05, 0.1) is 0 Å². The van der Waals surface area contributed by atoms with Crippen LogP contribution in [0.2, 0.25) is 0 Å². The number of alkyl halides is 1. The number of aryl methyl sites for hydroxylation is 1. The van der Waals surface area contributed by atoms with Crippen molar-refractivity contribution in [3.05, 3.63) is 41.5 Å². The molecule has 0 spiro atoms. The molecule has 1 N–H and O–H groups in total. The zero-order valence-electron chi connectivity index (χ0n) is 9.97. The zero-order chi connectivity index (χ0) is 13.4. The Balaban J connectivity index is 2.44. The minimum Gasteiger partial charge on any atom is -0.477 e. The predicted molar refractivity (Wildman–Crippen MR) is 67.2 cm³/mol. The summed E-state index contributed by atoms with van der Waals surface area (Å²) in [7, 11) is 0. The minimum absolute atomic E-state index is 0.0880. The number of carbonyl (C=O) groups is 1. The van der Waals surface area contributed by atoms with Gasteiger partial charge < -0.3 is 9.94 Å². The summed E-state index contributed by atoms with van der Waals surface area (Å²) in [5.41, 5.74) is 1.51. The molecule has 0 heterocycles. The molecule has 0 unspecified atom stereocenters. The van der Waals surface area contributed by atoms with Gasteiger partial charge in [0.2, 0.25) is 0 Å².